The van der Waals surface area contributed by atoms with Gasteiger partial charge >= 0.3 is 11.7 Å². The number of rotatable bonds is 4. The number of aromatic nitrogens is 2. The van der Waals surface area contributed by atoms with Crippen LogP contribution in [0.15, 0.2) is 24.4 Å². The van der Waals surface area contributed by atoms with Crippen LogP contribution >= 0.6 is 0 Å². The Morgan fingerprint density at radius 2 is 2.26 bits per heavy atom. The first kappa shape index (κ1) is 15.1. The van der Waals surface area contributed by atoms with Gasteiger partial charge in [0.15, 0.2) is 0 Å². The Kier molecular flexibility index (Phi) is 4.05. The second-order valence-electron chi connectivity index (χ2n) is 5.25. The maximum Gasteiger partial charge on any atom is 0.356 e. The predicted molar refractivity (Wildman–Crippen MR) is 77.3 cm³/mol. The molecule has 1 aromatic heterocycles. The summed E-state index contributed by atoms with van der Waals surface area (Å²) in [5.74, 6) is -0.762. The third kappa shape index (κ3) is 2.92. The molecule has 0 spiro atoms. The highest BCUT2D eigenvalue weighted by atomic mass is 19.1. The molecule has 3 rings (SSSR count). The van der Waals surface area contributed by atoms with Crippen molar-refractivity contribution in [3.63, 3.8) is 0 Å². The Morgan fingerprint density at radius 3 is 3.04 bits per heavy atom. The minimum atomic E-state index is -0.986. The molecule has 0 N–H and O–H groups in total. The number of carbonyl (C=O) groups is 1. The van der Waals surface area contributed by atoms with Crippen LogP contribution in [0.5, 0.6) is 0 Å². The van der Waals surface area contributed by atoms with Crippen molar-refractivity contribution in [2.24, 2.45) is 0 Å². The Morgan fingerprint density at radius 1 is 1.43 bits per heavy atom. The normalized spacial score (nSPS) is 13.4. The molecule has 0 bridgehead atoms. The summed E-state index contributed by atoms with van der Waals surface area (Å²) in [4.78, 5) is 26.2. The van der Waals surface area contributed by atoms with E-state index in [4.69, 9.17) is 4.74 Å². The number of imidazole rings is 1. The van der Waals surface area contributed by atoms with E-state index in [-0.39, 0.29) is 12.2 Å². The van der Waals surface area contributed by atoms with E-state index >= 15 is 0 Å². The standard InChI is InChI=1S/C15H14FN3O4/c16-14-10(4-3-5-11(14)19(21)22)9-23-15(20)12-8-17-13-6-1-2-7-18(12)13/h3-5,8H,1-2,6-7,9H2. The van der Waals surface area contributed by atoms with Crippen molar-refractivity contribution in [2.45, 2.75) is 32.4 Å². The van der Waals surface area contributed by atoms with Gasteiger partial charge in [0.05, 0.1) is 11.1 Å². The Hall–Kier alpha value is -2.77. The lowest BCUT2D eigenvalue weighted by Crippen LogP contribution is -2.17. The molecule has 0 amide bonds. The molecule has 0 unspecified atom stereocenters. The fourth-order valence-electron chi connectivity index (χ4n) is 2.61. The van der Waals surface area contributed by atoms with Crippen LogP contribution in [0.4, 0.5) is 10.1 Å². The molecule has 0 fully saturated rings. The molecule has 120 valence electrons. The van der Waals surface area contributed by atoms with E-state index < -0.39 is 22.4 Å². The predicted octanol–water partition coefficient (Wildman–Crippen LogP) is 2.62. The highest BCUT2D eigenvalue weighted by Crippen LogP contribution is 2.22. The van der Waals surface area contributed by atoms with Crippen molar-refractivity contribution in [3.05, 3.63) is 57.4 Å². The monoisotopic (exact) mass is 319 g/mol. The molecular weight excluding hydrogens is 305 g/mol. The number of halogens is 1. The van der Waals surface area contributed by atoms with Gasteiger partial charge in [0.1, 0.15) is 18.1 Å². The van der Waals surface area contributed by atoms with Crippen molar-refractivity contribution >= 4 is 11.7 Å². The maximum absolute atomic E-state index is 13.9. The topological polar surface area (TPSA) is 87.3 Å². The summed E-state index contributed by atoms with van der Waals surface area (Å²) >= 11 is 0. The molecule has 2 aromatic rings. The summed E-state index contributed by atoms with van der Waals surface area (Å²) < 4.78 is 20.8. The van der Waals surface area contributed by atoms with E-state index in [0.29, 0.717) is 12.2 Å². The van der Waals surface area contributed by atoms with Gasteiger partial charge in [-0.25, -0.2) is 9.78 Å². The van der Waals surface area contributed by atoms with Gasteiger partial charge in [0.2, 0.25) is 5.82 Å². The zero-order valence-corrected chi connectivity index (χ0v) is 12.2. The van der Waals surface area contributed by atoms with Crippen LogP contribution in [0.2, 0.25) is 0 Å². The van der Waals surface area contributed by atoms with Gasteiger partial charge in [0, 0.05) is 24.6 Å². The van der Waals surface area contributed by atoms with E-state index in [9.17, 15) is 19.3 Å². The van der Waals surface area contributed by atoms with Crippen molar-refractivity contribution in [1.82, 2.24) is 9.55 Å². The zero-order valence-electron chi connectivity index (χ0n) is 12.2. The van der Waals surface area contributed by atoms with E-state index in [1.54, 1.807) is 4.57 Å². The molecule has 23 heavy (non-hydrogen) atoms. The van der Waals surface area contributed by atoms with Gasteiger partial charge in [-0.1, -0.05) is 12.1 Å². The van der Waals surface area contributed by atoms with Gasteiger partial charge in [-0.05, 0) is 12.8 Å². The molecule has 0 atom stereocenters. The number of nitro groups is 1. The fraction of sp³-hybridized carbons (Fsp3) is 0.333. The van der Waals surface area contributed by atoms with Crippen LogP contribution in [0.3, 0.4) is 0 Å². The van der Waals surface area contributed by atoms with Crippen LogP contribution in [0.25, 0.3) is 0 Å². The van der Waals surface area contributed by atoms with Gasteiger partial charge in [-0.2, -0.15) is 4.39 Å². The van der Waals surface area contributed by atoms with Crippen molar-refractivity contribution in [1.29, 1.82) is 0 Å². The molecule has 2 heterocycles. The summed E-state index contributed by atoms with van der Waals surface area (Å²) in [6.45, 7) is 0.331. The fourth-order valence-corrected chi connectivity index (χ4v) is 2.61. The lowest BCUT2D eigenvalue weighted by molar-refractivity contribution is -0.387. The number of nitro benzene ring substituents is 1. The quantitative estimate of drug-likeness (QED) is 0.491. The SMILES string of the molecule is O=C(OCc1cccc([N+](=O)[O-])c1F)c1cnc2n1CCCC2. The van der Waals surface area contributed by atoms with Gasteiger partial charge in [0.25, 0.3) is 0 Å². The van der Waals surface area contributed by atoms with Crippen LogP contribution < -0.4 is 0 Å². The third-order valence-electron chi connectivity index (χ3n) is 3.79. The summed E-state index contributed by atoms with van der Waals surface area (Å²) in [6.07, 6.45) is 4.26. The van der Waals surface area contributed by atoms with E-state index in [1.807, 2.05) is 0 Å². The number of esters is 1. The van der Waals surface area contributed by atoms with E-state index in [1.165, 1.54) is 18.3 Å². The van der Waals surface area contributed by atoms with Crippen molar-refractivity contribution in [3.8, 4) is 0 Å². The van der Waals surface area contributed by atoms with Gasteiger partial charge in [-0.3, -0.25) is 10.1 Å². The maximum atomic E-state index is 13.9. The number of benzene rings is 1. The smallest absolute Gasteiger partial charge is 0.356 e. The van der Waals surface area contributed by atoms with Crippen LogP contribution in [-0.2, 0) is 24.3 Å². The Bertz CT molecular complexity index is 772. The summed E-state index contributed by atoms with van der Waals surface area (Å²) in [7, 11) is 0. The first-order valence-electron chi connectivity index (χ1n) is 7.21. The molecule has 0 saturated carbocycles. The molecular formula is C15H14FN3O4. The largest absolute Gasteiger partial charge is 0.456 e. The van der Waals surface area contributed by atoms with Gasteiger partial charge in [-0.15, -0.1) is 0 Å². The van der Waals surface area contributed by atoms with Crippen LogP contribution in [0, 0.1) is 15.9 Å². The van der Waals surface area contributed by atoms with E-state index in [0.717, 1.165) is 31.2 Å². The highest BCUT2D eigenvalue weighted by molar-refractivity contribution is 5.87. The average molecular weight is 319 g/mol. The number of nitrogens with zero attached hydrogens (tertiary/aromatic N) is 3. The molecule has 7 nitrogen and oxygen atoms in total. The first-order chi connectivity index (χ1) is 11.1. The summed E-state index contributed by atoms with van der Waals surface area (Å²) in [5, 5.41) is 10.7. The molecule has 0 radical (unpaired) electrons. The Balaban J connectivity index is 1.74. The minimum absolute atomic E-state index is 0.0362. The number of aryl methyl sites for hydroxylation is 1. The molecule has 0 aliphatic carbocycles. The summed E-state index contributed by atoms with van der Waals surface area (Å²) in [5.41, 5.74) is -0.350. The van der Waals surface area contributed by atoms with Crippen LogP contribution in [0.1, 0.15) is 34.7 Å². The second-order valence-corrected chi connectivity index (χ2v) is 5.25. The lowest BCUT2D eigenvalue weighted by Gasteiger charge is -2.15. The van der Waals surface area contributed by atoms with Gasteiger partial charge < -0.3 is 9.30 Å². The zero-order chi connectivity index (χ0) is 16.4. The molecule has 8 heteroatoms. The summed E-state index contributed by atoms with van der Waals surface area (Å²) in [6, 6.07) is 3.76. The molecule has 1 aliphatic heterocycles. The van der Waals surface area contributed by atoms with Crippen molar-refractivity contribution in [2.75, 3.05) is 0 Å². The second kappa shape index (κ2) is 6.15. The third-order valence-corrected chi connectivity index (χ3v) is 3.79. The molecule has 0 saturated heterocycles. The minimum Gasteiger partial charge on any atom is -0.456 e. The number of carbonyl (C=O) groups excluding carboxylic acids is 1. The Labute approximate surface area is 130 Å². The number of ether oxygens (including phenoxy) is 1. The number of hydrogen-bond acceptors (Lipinski definition) is 5. The number of hydrogen-bond donors (Lipinski definition) is 0. The lowest BCUT2D eigenvalue weighted by atomic mass is 10.1. The first-order valence-corrected chi connectivity index (χ1v) is 7.21. The average Bonchev–Trinajstić information content (AvgIpc) is 2.97. The molecule has 1 aliphatic rings. The molecule has 1 aromatic carbocycles. The van der Waals surface area contributed by atoms with Crippen LogP contribution in [-0.4, -0.2) is 20.4 Å². The number of fused-ring (bicyclic) bond motifs is 1. The van der Waals surface area contributed by atoms with E-state index in [2.05, 4.69) is 4.98 Å². The van der Waals surface area contributed by atoms with Crippen molar-refractivity contribution < 1.29 is 18.8 Å². The highest BCUT2D eigenvalue weighted by Gasteiger charge is 2.22.